The summed E-state index contributed by atoms with van der Waals surface area (Å²) in [4.78, 5) is 87.2. The first-order valence-electron chi connectivity index (χ1n) is 37.2. The van der Waals surface area contributed by atoms with Gasteiger partial charge in [0.05, 0.1) is 87.6 Å². The number of aryl methyl sites for hydroxylation is 12. The van der Waals surface area contributed by atoms with Gasteiger partial charge in [-0.2, -0.15) is 0 Å². The van der Waals surface area contributed by atoms with Crippen molar-refractivity contribution in [2.75, 3.05) is 21.3 Å². The molecule has 0 saturated heterocycles. The Bertz CT molecular complexity index is 5800. The Labute approximate surface area is 669 Å². The highest BCUT2D eigenvalue weighted by atomic mass is 127. The molecule has 12 aromatic rings. The Morgan fingerprint density at radius 3 is 1.02 bits per heavy atom. The van der Waals surface area contributed by atoms with Gasteiger partial charge >= 0.3 is 0 Å². The molecule has 20 nitrogen and oxygen atoms in total. The van der Waals surface area contributed by atoms with E-state index in [1.54, 1.807) is 67.6 Å². The number of hydrogen-bond acceptors (Lipinski definition) is 16. The molecule has 8 N–H and O–H groups in total. The van der Waals surface area contributed by atoms with E-state index in [0.29, 0.717) is 103 Å². The van der Waals surface area contributed by atoms with Gasteiger partial charge in [0.25, 0.3) is 5.91 Å². The fourth-order valence-electron chi connectivity index (χ4n) is 13.9. The van der Waals surface area contributed by atoms with Crippen LogP contribution in [0.5, 0.6) is 23.0 Å². The second-order valence-electron chi connectivity index (χ2n) is 27.5. The van der Waals surface area contributed by atoms with Crippen molar-refractivity contribution in [1.82, 2.24) is 39.9 Å². The monoisotopic (exact) mass is 1670 g/mol. The Morgan fingerprint density at radius 2 is 0.670 bits per heavy atom. The van der Waals surface area contributed by atoms with Crippen LogP contribution in [0.25, 0.3) is 45.0 Å². The molecule has 4 aliphatic carbocycles. The minimum absolute atomic E-state index is 0.0577. The zero-order valence-electron chi connectivity index (χ0n) is 62.5. The smallest absolute Gasteiger partial charge is 0.256 e. The maximum absolute atomic E-state index is 13.9. The number of benzene rings is 8. The van der Waals surface area contributed by atoms with Crippen molar-refractivity contribution in [3.63, 3.8) is 0 Å². The molecule has 8 aromatic carbocycles. The topological polar surface area (TPSA) is 300 Å². The zero-order valence-corrected chi connectivity index (χ0v) is 64.6. The first kappa shape index (κ1) is 80.4. The van der Waals surface area contributed by atoms with Crippen molar-refractivity contribution in [1.29, 1.82) is 0 Å². The molecule has 0 aliphatic heterocycles. The van der Waals surface area contributed by atoms with Gasteiger partial charge in [-0.15, -0.1) is 0 Å². The van der Waals surface area contributed by atoms with Gasteiger partial charge in [-0.3, -0.25) is 19.2 Å². The van der Waals surface area contributed by atoms with Crippen LogP contribution in [0.1, 0.15) is 123 Å². The molecule has 0 atom stereocenters. The summed E-state index contributed by atoms with van der Waals surface area (Å²) >= 11 is 2.25. The van der Waals surface area contributed by atoms with Crippen molar-refractivity contribution in [3.8, 4) is 68.0 Å². The SMILES string of the molecule is CCc1nc2c(nc1NC(=O)Cc1c(F)c(F)c(F)c(F)c1F)CCc1cc(O)ccc1-2.CCc1nc2c(nc1NC(=O)Cc1ccc(F)c(F)c1)CCc1cc(O)ccc1-2.CCc1nc2c(nc1NC(=O)Cc1ccc(I)cc1)CCc1cc(O)ccc1-2.CCc1nc2c(nc1NC(=O)c1ccccc1)CCc1cc(O)ccc1-2. The average molecular weight is 1680 g/mol. The maximum Gasteiger partial charge on any atom is 0.256 e. The van der Waals surface area contributed by atoms with Crippen LogP contribution in [0.4, 0.5) is 54.0 Å². The lowest BCUT2D eigenvalue weighted by Crippen LogP contribution is -2.21. The highest BCUT2D eigenvalue weighted by molar-refractivity contribution is 14.1. The number of phenolic OH excluding ortho intramolecular Hbond substituents is 4. The molecule has 115 heavy (non-hydrogen) atoms. The van der Waals surface area contributed by atoms with Crippen LogP contribution in [0.15, 0.2) is 146 Å². The number of nitrogens with zero attached hydrogens (tertiary/aromatic N) is 8. The van der Waals surface area contributed by atoms with Gasteiger partial charge in [0.2, 0.25) is 23.5 Å². The lowest BCUT2D eigenvalue weighted by molar-refractivity contribution is -0.116. The highest BCUT2D eigenvalue weighted by Crippen LogP contribution is 2.40. The minimum atomic E-state index is -2.29. The maximum atomic E-state index is 13.9. The van der Waals surface area contributed by atoms with E-state index in [1.807, 2.05) is 81.4 Å². The van der Waals surface area contributed by atoms with Crippen LogP contribution in [-0.4, -0.2) is 83.9 Å². The summed E-state index contributed by atoms with van der Waals surface area (Å²) in [6.45, 7) is 7.68. The van der Waals surface area contributed by atoms with E-state index < -0.39 is 58.6 Å². The fourth-order valence-corrected chi connectivity index (χ4v) is 14.3. The first-order chi connectivity index (χ1) is 55.3. The molecule has 4 heterocycles. The average Bonchev–Trinajstić information content (AvgIpc) is 0.784. The number of aromatic hydroxyl groups is 4. The number of aromatic nitrogens is 8. The first-order valence-corrected chi connectivity index (χ1v) is 38.2. The molecule has 0 unspecified atom stereocenters. The van der Waals surface area contributed by atoms with Gasteiger partial charge < -0.3 is 41.7 Å². The third-order valence-corrected chi connectivity index (χ3v) is 20.4. The fraction of sp³-hybridized carbons (Fsp3) is 0.218. The molecule has 0 fully saturated rings. The Kier molecular flexibility index (Phi) is 24.6. The lowest BCUT2D eigenvalue weighted by atomic mass is 9.91. The molecule has 28 heteroatoms. The number of rotatable bonds is 15. The molecule has 0 radical (unpaired) electrons. The number of fused-ring (bicyclic) bond motifs is 12. The Balaban J connectivity index is 0.000000134. The van der Waals surface area contributed by atoms with E-state index >= 15 is 0 Å². The van der Waals surface area contributed by atoms with Gasteiger partial charge in [0, 0.05) is 37.0 Å². The second-order valence-corrected chi connectivity index (χ2v) is 28.7. The van der Waals surface area contributed by atoms with Gasteiger partial charge in [-0.25, -0.2) is 70.6 Å². The lowest BCUT2D eigenvalue weighted by Gasteiger charge is -2.21. The molecule has 0 bridgehead atoms. The molecular formula is C87H74F7IN12O8. The molecule has 0 saturated carbocycles. The number of carbonyl (C=O) groups is 4. The van der Waals surface area contributed by atoms with E-state index in [2.05, 4.69) is 58.8 Å². The summed E-state index contributed by atoms with van der Waals surface area (Å²) in [6.07, 6.45) is 6.88. The summed E-state index contributed by atoms with van der Waals surface area (Å²) < 4.78 is 95.4. The van der Waals surface area contributed by atoms with E-state index in [0.717, 1.165) is 143 Å². The van der Waals surface area contributed by atoms with E-state index in [9.17, 15) is 70.3 Å². The molecule has 0 spiro atoms. The zero-order chi connectivity index (χ0) is 81.5. The van der Waals surface area contributed by atoms with Gasteiger partial charge in [-0.1, -0.05) is 64.1 Å². The van der Waals surface area contributed by atoms with Crippen LogP contribution in [0, 0.1) is 44.3 Å². The van der Waals surface area contributed by atoms with Crippen LogP contribution in [0.2, 0.25) is 0 Å². The number of nitrogens with one attached hydrogen (secondary N) is 4. The Morgan fingerprint density at radius 1 is 0.348 bits per heavy atom. The summed E-state index contributed by atoms with van der Waals surface area (Å²) in [7, 11) is 0. The highest BCUT2D eigenvalue weighted by Gasteiger charge is 2.31. The number of amides is 4. The number of carbonyl (C=O) groups excluding carboxylic acids is 4. The van der Waals surface area contributed by atoms with E-state index in [1.165, 1.54) is 12.1 Å². The van der Waals surface area contributed by atoms with Crippen molar-refractivity contribution in [3.05, 3.63) is 280 Å². The number of phenols is 4. The summed E-state index contributed by atoms with van der Waals surface area (Å²) in [5.74, 6) is -11.8. The van der Waals surface area contributed by atoms with Crippen molar-refractivity contribution in [2.45, 2.75) is 124 Å². The van der Waals surface area contributed by atoms with Crippen LogP contribution in [0.3, 0.4) is 0 Å². The van der Waals surface area contributed by atoms with Gasteiger partial charge in [-0.05, 0) is 242 Å². The molecule has 4 amide bonds. The van der Waals surface area contributed by atoms with Crippen molar-refractivity contribution >= 4 is 69.5 Å². The largest absolute Gasteiger partial charge is 0.508 e. The summed E-state index contributed by atoms with van der Waals surface area (Å²) in [5.41, 5.74) is 17.3. The number of hydrogen-bond donors (Lipinski definition) is 8. The minimum Gasteiger partial charge on any atom is -0.508 e. The van der Waals surface area contributed by atoms with Crippen LogP contribution in [-0.2, 0) is 111 Å². The molecular weight excluding hydrogens is 1600 g/mol. The quantitative estimate of drug-likeness (QED) is 0.0205. The van der Waals surface area contributed by atoms with Crippen molar-refractivity contribution in [2.24, 2.45) is 0 Å². The predicted molar refractivity (Wildman–Crippen MR) is 427 cm³/mol. The molecule has 16 rings (SSSR count). The molecule has 4 aromatic heterocycles. The summed E-state index contributed by atoms with van der Waals surface area (Å²) in [6, 6.07) is 41.2. The predicted octanol–water partition coefficient (Wildman–Crippen LogP) is 16.4. The van der Waals surface area contributed by atoms with Gasteiger partial charge in [0.1, 0.15) is 23.0 Å². The summed E-state index contributed by atoms with van der Waals surface area (Å²) in [5, 5.41) is 49.8. The normalized spacial score (nSPS) is 12.2. The molecule has 586 valence electrons. The molecule has 4 aliphatic rings. The number of halogens is 8. The number of anilines is 4. The van der Waals surface area contributed by atoms with Gasteiger partial charge in [0.15, 0.2) is 58.2 Å². The van der Waals surface area contributed by atoms with Crippen LogP contribution >= 0.6 is 22.6 Å². The van der Waals surface area contributed by atoms with Crippen LogP contribution < -0.4 is 21.3 Å². The van der Waals surface area contributed by atoms with E-state index in [-0.39, 0.29) is 53.0 Å². The third-order valence-electron chi connectivity index (χ3n) is 19.7. The standard InChI is InChI=1S/C22H16F5N3O2.C22H19F2N3O2.C22H20IN3O2.C21H19N3O2/c1-2-13-22(29-14-6-3-9-7-10(31)4-5-11(9)21(14)28-13)30-15(32)8-12-16(23)18(25)20(27)19(26)17(12)24;1-2-18-22(27-20(29)10-12-3-7-16(23)17(24)9-12)26-19-8-4-13-11-14(28)5-6-15(13)21(19)25-18;1-2-18-22(26-20(28)11-13-3-6-15(23)7-4-13)25-19-10-5-14-12-16(27)8-9-17(14)21(19)24-18;1-2-17-20(24-21(26)13-6-4-3-5-7-13)23-18-11-8-14-12-15(25)9-10-16(14)19(18)22-17/h4-5,7,31H,2-3,6,8H2,1H3,(H,29,30,32);3,5-7,9,11,28H,2,4,8,10H2,1H3,(H,26,27,29);3-4,6-9,12,27H,2,5,10-11H2,1H3,(H,25,26,28);3-7,9-10,12,25H,2,8,11H2,1H3,(H,23,24,26). The second kappa shape index (κ2) is 35.2. The van der Waals surface area contributed by atoms with Crippen molar-refractivity contribution < 1.29 is 70.3 Å². The third kappa shape index (κ3) is 18.2. The van der Waals surface area contributed by atoms with E-state index in [4.69, 9.17) is 24.9 Å². The Hall–Kier alpha value is -12.6.